The molecule has 2 heterocycles. The topological polar surface area (TPSA) is 89.2 Å². The molecule has 2 N–H and O–H groups in total. The lowest BCUT2D eigenvalue weighted by Crippen LogP contribution is -2.30. The van der Waals surface area contributed by atoms with E-state index in [1.807, 2.05) is 0 Å². The van der Waals surface area contributed by atoms with E-state index >= 15 is 0 Å². The van der Waals surface area contributed by atoms with Gasteiger partial charge in [0.05, 0.1) is 5.92 Å². The zero-order chi connectivity index (χ0) is 14.2. The summed E-state index contributed by atoms with van der Waals surface area (Å²) in [5.74, 6) is -2.31. The molecule has 1 fully saturated rings. The maximum absolute atomic E-state index is 12.5. The molecule has 1 aromatic rings. The van der Waals surface area contributed by atoms with Crippen molar-refractivity contribution in [2.75, 3.05) is 11.4 Å². The summed E-state index contributed by atoms with van der Waals surface area (Å²) < 4.78 is 37.5. The zero-order valence-electron chi connectivity index (χ0n) is 9.52. The van der Waals surface area contributed by atoms with Gasteiger partial charge in [-0.05, 0) is 6.07 Å². The molecular weight excluding hydrogens is 265 g/mol. The summed E-state index contributed by atoms with van der Waals surface area (Å²) in [6.07, 6.45) is -3.85. The number of rotatable bonds is 2. The first kappa shape index (κ1) is 13.2. The van der Waals surface area contributed by atoms with Crippen LogP contribution in [0.3, 0.4) is 0 Å². The molecule has 0 aromatic carbocycles. The van der Waals surface area contributed by atoms with E-state index in [-0.39, 0.29) is 18.9 Å². The van der Waals surface area contributed by atoms with E-state index in [0.717, 1.165) is 11.1 Å². The maximum atomic E-state index is 12.5. The highest BCUT2D eigenvalue weighted by Crippen LogP contribution is 2.29. The minimum Gasteiger partial charge on any atom is -0.369 e. The number of halogens is 3. The molecule has 0 saturated carbocycles. The number of carbonyl (C=O) groups is 2. The second-order valence-corrected chi connectivity index (χ2v) is 4.05. The van der Waals surface area contributed by atoms with Gasteiger partial charge in [-0.25, -0.2) is 9.97 Å². The van der Waals surface area contributed by atoms with E-state index in [9.17, 15) is 22.8 Å². The first-order valence-corrected chi connectivity index (χ1v) is 5.29. The van der Waals surface area contributed by atoms with Crippen LogP contribution < -0.4 is 10.6 Å². The lowest BCUT2D eigenvalue weighted by Gasteiger charge is -2.15. The average Bonchev–Trinajstić information content (AvgIpc) is 2.71. The van der Waals surface area contributed by atoms with E-state index in [0.29, 0.717) is 6.07 Å². The van der Waals surface area contributed by atoms with E-state index in [2.05, 4.69) is 9.97 Å². The lowest BCUT2D eigenvalue weighted by molar-refractivity contribution is -0.141. The van der Waals surface area contributed by atoms with Gasteiger partial charge in [0.2, 0.25) is 17.8 Å². The number of anilines is 1. The minimum atomic E-state index is -4.62. The van der Waals surface area contributed by atoms with Crippen LogP contribution >= 0.6 is 0 Å². The smallest absolute Gasteiger partial charge is 0.369 e. The van der Waals surface area contributed by atoms with Crippen LogP contribution in [0.15, 0.2) is 12.3 Å². The number of hydrogen-bond acceptors (Lipinski definition) is 4. The van der Waals surface area contributed by atoms with Crippen LogP contribution in [0, 0.1) is 5.92 Å². The van der Waals surface area contributed by atoms with Crippen LogP contribution in [-0.4, -0.2) is 28.3 Å². The van der Waals surface area contributed by atoms with Gasteiger partial charge in [0.1, 0.15) is 5.69 Å². The van der Waals surface area contributed by atoms with E-state index in [4.69, 9.17) is 5.73 Å². The molecule has 1 aliphatic heterocycles. The molecule has 2 amide bonds. The molecule has 1 saturated heterocycles. The van der Waals surface area contributed by atoms with Crippen molar-refractivity contribution in [2.45, 2.75) is 12.6 Å². The number of primary amides is 1. The Morgan fingerprint density at radius 2 is 2.16 bits per heavy atom. The van der Waals surface area contributed by atoms with Crippen molar-refractivity contribution in [2.24, 2.45) is 11.7 Å². The Kier molecular flexibility index (Phi) is 3.13. The SMILES string of the molecule is NC(=O)C1CC(=O)N(c2nccc(C(F)(F)F)n2)C1. The summed E-state index contributed by atoms with van der Waals surface area (Å²) in [5.41, 5.74) is 3.92. The third-order valence-corrected chi connectivity index (χ3v) is 2.70. The van der Waals surface area contributed by atoms with Crippen molar-refractivity contribution >= 4 is 17.8 Å². The summed E-state index contributed by atoms with van der Waals surface area (Å²) in [4.78, 5) is 30.4. The number of alkyl halides is 3. The number of carbonyl (C=O) groups excluding carboxylic acids is 2. The number of hydrogen-bond donors (Lipinski definition) is 1. The molecule has 0 aliphatic carbocycles. The standard InChI is InChI=1S/C10H9F3N4O2/c11-10(12,13)6-1-2-15-9(16-6)17-4-5(8(14)19)3-7(17)18/h1-2,5H,3-4H2,(H2,14,19). The van der Waals surface area contributed by atoms with Gasteiger partial charge in [-0.15, -0.1) is 0 Å². The molecule has 2 rings (SSSR count). The average molecular weight is 274 g/mol. The second kappa shape index (κ2) is 4.48. The van der Waals surface area contributed by atoms with Crippen molar-refractivity contribution in [3.05, 3.63) is 18.0 Å². The summed E-state index contributed by atoms with van der Waals surface area (Å²) in [6, 6.07) is 0.704. The monoisotopic (exact) mass is 274 g/mol. The molecule has 1 atom stereocenters. The molecule has 19 heavy (non-hydrogen) atoms. The lowest BCUT2D eigenvalue weighted by atomic mass is 10.1. The van der Waals surface area contributed by atoms with Crippen molar-refractivity contribution in [1.29, 1.82) is 0 Å². The zero-order valence-corrected chi connectivity index (χ0v) is 9.52. The Bertz CT molecular complexity index is 532. The van der Waals surface area contributed by atoms with E-state index in [1.165, 1.54) is 0 Å². The Morgan fingerprint density at radius 1 is 1.47 bits per heavy atom. The molecule has 1 unspecified atom stereocenters. The summed E-state index contributed by atoms with van der Waals surface area (Å²) in [7, 11) is 0. The molecule has 0 bridgehead atoms. The Labute approximate surface area is 105 Å². The highest BCUT2D eigenvalue weighted by atomic mass is 19.4. The fourth-order valence-electron chi connectivity index (χ4n) is 1.73. The van der Waals surface area contributed by atoms with Crippen LogP contribution in [0.4, 0.5) is 19.1 Å². The fraction of sp³-hybridized carbons (Fsp3) is 0.400. The largest absolute Gasteiger partial charge is 0.433 e. The third kappa shape index (κ3) is 2.64. The van der Waals surface area contributed by atoms with Crippen LogP contribution in [0.25, 0.3) is 0 Å². The normalized spacial score (nSPS) is 19.8. The molecule has 1 aliphatic rings. The molecule has 6 nitrogen and oxygen atoms in total. The molecule has 0 spiro atoms. The number of amides is 2. The van der Waals surface area contributed by atoms with Crippen molar-refractivity contribution in [3.8, 4) is 0 Å². The molecule has 9 heteroatoms. The molecule has 1 aromatic heterocycles. The maximum Gasteiger partial charge on any atom is 0.433 e. The summed E-state index contributed by atoms with van der Waals surface area (Å²) >= 11 is 0. The van der Waals surface area contributed by atoms with Gasteiger partial charge in [0.25, 0.3) is 0 Å². The van der Waals surface area contributed by atoms with Gasteiger partial charge in [0, 0.05) is 19.2 Å². The van der Waals surface area contributed by atoms with Gasteiger partial charge < -0.3 is 5.73 Å². The van der Waals surface area contributed by atoms with Gasteiger partial charge >= 0.3 is 6.18 Å². The predicted molar refractivity (Wildman–Crippen MR) is 56.7 cm³/mol. The summed E-state index contributed by atoms with van der Waals surface area (Å²) in [5, 5.41) is 0. The molecular formula is C10H9F3N4O2. The van der Waals surface area contributed by atoms with Crippen molar-refractivity contribution < 1.29 is 22.8 Å². The third-order valence-electron chi connectivity index (χ3n) is 2.70. The van der Waals surface area contributed by atoms with Gasteiger partial charge in [0.15, 0.2) is 0 Å². The second-order valence-electron chi connectivity index (χ2n) is 4.05. The molecule has 0 radical (unpaired) electrons. The van der Waals surface area contributed by atoms with Crippen LogP contribution in [0.5, 0.6) is 0 Å². The van der Waals surface area contributed by atoms with Gasteiger partial charge in [-0.1, -0.05) is 0 Å². The number of aromatic nitrogens is 2. The predicted octanol–water partition coefficient (Wildman–Crippen LogP) is 0.334. The molecule has 102 valence electrons. The quantitative estimate of drug-likeness (QED) is 0.841. The van der Waals surface area contributed by atoms with Crippen molar-refractivity contribution in [3.63, 3.8) is 0 Å². The number of nitrogens with two attached hydrogens (primary N) is 1. The first-order valence-electron chi connectivity index (χ1n) is 5.29. The highest BCUT2D eigenvalue weighted by Gasteiger charge is 2.37. The Balaban J connectivity index is 2.28. The van der Waals surface area contributed by atoms with E-state index in [1.54, 1.807) is 0 Å². The fourth-order valence-corrected chi connectivity index (χ4v) is 1.73. The van der Waals surface area contributed by atoms with E-state index < -0.39 is 29.6 Å². The van der Waals surface area contributed by atoms with Crippen LogP contribution in [-0.2, 0) is 15.8 Å². The Morgan fingerprint density at radius 3 is 2.68 bits per heavy atom. The van der Waals surface area contributed by atoms with Gasteiger partial charge in [-0.3, -0.25) is 14.5 Å². The number of nitrogens with zero attached hydrogens (tertiary/aromatic N) is 3. The first-order chi connectivity index (χ1) is 8.79. The highest BCUT2D eigenvalue weighted by molar-refractivity contribution is 5.98. The minimum absolute atomic E-state index is 0.102. The van der Waals surface area contributed by atoms with Crippen LogP contribution in [0.2, 0.25) is 0 Å². The van der Waals surface area contributed by atoms with Gasteiger partial charge in [-0.2, -0.15) is 13.2 Å². The van der Waals surface area contributed by atoms with Crippen LogP contribution in [0.1, 0.15) is 12.1 Å². The van der Waals surface area contributed by atoms with Crippen molar-refractivity contribution in [1.82, 2.24) is 9.97 Å². The Hall–Kier alpha value is -2.19. The summed E-state index contributed by atoms with van der Waals surface area (Å²) in [6.45, 7) is -0.102.